The third-order valence-corrected chi connectivity index (χ3v) is 5.75. The topological polar surface area (TPSA) is 60.7 Å². The lowest BCUT2D eigenvalue weighted by Gasteiger charge is -2.47. The molecule has 1 aromatic heterocycles. The predicted octanol–water partition coefficient (Wildman–Crippen LogP) is 0.523. The van der Waals surface area contributed by atoms with Crippen LogP contribution >= 0.6 is 0 Å². The maximum Gasteiger partial charge on any atom is 0.191 e. The van der Waals surface area contributed by atoms with E-state index in [0.717, 1.165) is 37.7 Å². The summed E-state index contributed by atoms with van der Waals surface area (Å²) in [7, 11) is 2.01. The highest BCUT2D eigenvalue weighted by Crippen LogP contribution is 2.16. The summed E-state index contributed by atoms with van der Waals surface area (Å²) in [5.41, 5.74) is 3.71. The van der Waals surface area contributed by atoms with Crippen LogP contribution in [0.1, 0.15) is 30.8 Å². The van der Waals surface area contributed by atoms with E-state index in [1.165, 1.54) is 37.4 Å². The second-order valence-corrected chi connectivity index (χ2v) is 7.73. The third kappa shape index (κ3) is 4.38. The molecule has 2 atom stereocenters. The molecule has 0 aliphatic carbocycles. The minimum Gasteiger partial charge on any atom is -0.357 e. The van der Waals surface area contributed by atoms with Gasteiger partial charge in [0.25, 0.3) is 0 Å². The number of aromatic nitrogens is 2. The number of guanidine groups is 1. The van der Waals surface area contributed by atoms with Gasteiger partial charge >= 0.3 is 0 Å². The van der Waals surface area contributed by atoms with Crippen LogP contribution in [0, 0.1) is 13.8 Å². The quantitative estimate of drug-likeness (QED) is 0.572. The molecule has 7 nitrogen and oxygen atoms in total. The Labute approximate surface area is 157 Å². The van der Waals surface area contributed by atoms with Gasteiger partial charge in [0, 0.05) is 64.1 Å². The highest BCUT2D eigenvalue weighted by atomic mass is 15.3. The van der Waals surface area contributed by atoms with E-state index in [9.17, 15) is 0 Å². The first-order valence-electron chi connectivity index (χ1n) is 9.98. The molecule has 2 unspecified atom stereocenters. The molecule has 0 saturated carbocycles. The van der Waals surface area contributed by atoms with Gasteiger partial charge in [-0.05, 0) is 39.7 Å². The van der Waals surface area contributed by atoms with Crippen LogP contribution in [-0.2, 0) is 13.5 Å². The third-order valence-electron chi connectivity index (χ3n) is 5.75. The van der Waals surface area contributed by atoms with Gasteiger partial charge in [0.05, 0.1) is 12.2 Å². The van der Waals surface area contributed by atoms with E-state index in [2.05, 4.69) is 53.2 Å². The second-order valence-electron chi connectivity index (χ2n) is 7.73. The molecule has 3 aliphatic rings. The lowest BCUT2D eigenvalue weighted by molar-refractivity contribution is 0.0174. The molecule has 4 heterocycles. The van der Waals surface area contributed by atoms with Crippen LogP contribution in [0.5, 0.6) is 0 Å². The fourth-order valence-corrected chi connectivity index (χ4v) is 4.12. The monoisotopic (exact) mass is 361 g/mol. The molecule has 2 bridgehead atoms. The van der Waals surface area contributed by atoms with E-state index in [-0.39, 0.29) is 0 Å². The van der Waals surface area contributed by atoms with Crippen molar-refractivity contribution in [3.63, 3.8) is 0 Å². The Morgan fingerprint density at radius 2 is 2.00 bits per heavy atom. The van der Waals surface area contributed by atoms with Crippen molar-refractivity contribution in [1.82, 2.24) is 30.2 Å². The maximum absolute atomic E-state index is 4.89. The van der Waals surface area contributed by atoms with E-state index < -0.39 is 0 Å². The fraction of sp³-hybridized carbons (Fsp3) is 0.789. The maximum atomic E-state index is 4.89. The molecule has 4 rings (SSSR count). The van der Waals surface area contributed by atoms with Gasteiger partial charge in [0.2, 0.25) is 0 Å². The second kappa shape index (κ2) is 8.39. The Hall–Kier alpha value is -1.60. The standard InChI is InChI=1S/C19H35N7/c1-6-20-19(21-12-17-13-25-7-9-26(17)10-8-25)22-14(2)11-18-15(3)23-24(5)16(18)4/h14,17H,6-13H2,1-5H3,(H2,20,21,22). The van der Waals surface area contributed by atoms with Crippen LogP contribution in [0.4, 0.5) is 0 Å². The number of rotatable bonds is 6. The molecule has 0 aromatic carbocycles. The number of hydrogen-bond donors (Lipinski definition) is 2. The van der Waals surface area contributed by atoms with Crippen LogP contribution in [0.2, 0.25) is 0 Å². The first-order valence-corrected chi connectivity index (χ1v) is 9.98. The van der Waals surface area contributed by atoms with Crippen molar-refractivity contribution < 1.29 is 0 Å². The van der Waals surface area contributed by atoms with Gasteiger partial charge in [0.1, 0.15) is 0 Å². The summed E-state index contributed by atoms with van der Waals surface area (Å²) in [6.45, 7) is 16.3. The zero-order valence-electron chi connectivity index (χ0n) is 17.0. The zero-order chi connectivity index (χ0) is 18.7. The summed E-state index contributed by atoms with van der Waals surface area (Å²) < 4.78 is 1.97. The van der Waals surface area contributed by atoms with Crippen LogP contribution in [-0.4, -0.2) is 83.4 Å². The predicted molar refractivity (Wildman–Crippen MR) is 107 cm³/mol. The number of nitrogens with one attached hydrogen (secondary N) is 2. The van der Waals surface area contributed by atoms with Gasteiger partial charge in [-0.15, -0.1) is 0 Å². The fourth-order valence-electron chi connectivity index (χ4n) is 4.12. The molecule has 7 heteroatoms. The molecule has 26 heavy (non-hydrogen) atoms. The molecule has 146 valence electrons. The molecule has 1 aromatic rings. The number of nitrogens with zero attached hydrogens (tertiary/aromatic N) is 5. The van der Waals surface area contributed by atoms with Crippen molar-refractivity contribution in [3.8, 4) is 0 Å². The molecule has 0 radical (unpaired) electrons. The molecular weight excluding hydrogens is 326 g/mol. The smallest absolute Gasteiger partial charge is 0.191 e. The van der Waals surface area contributed by atoms with E-state index in [1.54, 1.807) is 0 Å². The largest absolute Gasteiger partial charge is 0.357 e. The summed E-state index contributed by atoms with van der Waals surface area (Å²) in [6, 6.07) is 0.868. The molecule has 3 fully saturated rings. The first kappa shape index (κ1) is 19.2. The average Bonchev–Trinajstić information content (AvgIpc) is 2.87. The molecule has 3 saturated heterocycles. The average molecular weight is 362 g/mol. The molecule has 0 amide bonds. The molecule has 3 aliphatic heterocycles. The van der Waals surface area contributed by atoms with Gasteiger partial charge in [-0.1, -0.05) is 0 Å². The number of fused-ring (bicyclic) bond motifs is 3. The van der Waals surface area contributed by atoms with Crippen molar-refractivity contribution in [2.24, 2.45) is 12.0 Å². The number of piperazine rings is 3. The number of hydrogen-bond acceptors (Lipinski definition) is 4. The summed E-state index contributed by atoms with van der Waals surface area (Å²) in [4.78, 5) is 10.1. The number of aliphatic imine (C=N–C) groups is 1. The van der Waals surface area contributed by atoms with E-state index in [1.807, 2.05) is 11.7 Å². The highest BCUT2D eigenvalue weighted by molar-refractivity contribution is 5.80. The van der Waals surface area contributed by atoms with Crippen molar-refractivity contribution >= 4 is 5.96 Å². The normalized spacial score (nSPS) is 26.8. The summed E-state index contributed by atoms with van der Waals surface area (Å²) in [6.07, 6.45) is 0.958. The van der Waals surface area contributed by atoms with Crippen LogP contribution < -0.4 is 10.6 Å². The first-order chi connectivity index (χ1) is 12.5. The minimum absolute atomic E-state index is 0.307. The number of aryl methyl sites for hydroxylation is 2. The van der Waals surface area contributed by atoms with Crippen molar-refractivity contribution in [1.29, 1.82) is 0 Å². The lowest BCUT2D eigenvalue weighted by atomic mass is 10.1. The van der Waals surface area contributed by atoms with Gasteiger partial charge in [0.15, 0.2) is 5.96 Å². The van der Waals surface area contributed by atoms with Gasteiger partial charge in [-0.25, -0.2) is 0 Å². The zero-order valence-corrected chi connectivity index (χ0v) is 17.0. The van der Waals surface area contributed by atoms with E-state index in [0.29, 0.717) is 12.1 Å². The van der Waals surface area contributed by atoms with Gasteiger partial charge in [-0.2, -0.15) is 5.10 Å². The van der Waals surface area contributed by atoms with Crippen molar-refractivity contribution in [2.75, 3.05) is 45.8 Å². The molecule has 0 spiro atoms. The Balaban J connectivity index is 1.58. The van der Waals surface area contributed by atoms with Crippen LogP contribution in [0.25, 0.3) is 0 Å². The Morgan fingerprint density at radius 1 is 1.27 bits per heavy atom. The van der Waals surface area contributed by atoms with E-state index >= 15 is 0 Å². The van der Waals surface area contributed by atoms with Gasteiger partial charge in [-0.3, -0.25) is 19.5 Å². The summed E-state index contributed by atoms with van der Waals surface area (Å²) >= 11 is 0. The van der Waals surface area contributed by atoms with Crippen LogP contribution in [0.15, 0.2) is 4.99 Å². The minimum atomic E-state index is 0.307. The Morgan fingerprint density at radius 3 is 2.54 bits per heavy atom. The highest BCUT2D eigenvalue weighted by Gasteiger charge is 2.31. The van der Waals surface area contributed by atoms with Crippen molar-refractivity contribution in [2.45, 2.75) is 46.2 Å². The lowest BCUT2D eigenvalue weighted by Crippen LogP contribution is -2.62. The summed E-state index contributed by atoms with van der Waals surface area (Å²) in [5, 5.41) is 11.5. The Kier molecular flexibility index (Phi) is 6.19. The van der Waals surface area contributed by atoms with Crippen LogP contribution in [0.3, 0.4) is 0 Å². The van der Waals surface area contributed by atoms with Gasteiger partial charge < -0.3 is 10.6 Å². The molecular formula is C19H35N7. The SMILES string of the molecule is CCNC(=NCC1CN2CCN1CC2)NC(C)Cc1c(C)nn(C)c1C. The Bertz CT molecular complexity index is 628. The van der Waals surface area contributed by atoms with Crippen molar-refractivity contribution in [3.05, 3.63) is 17.0 Å². The summed E-state index contributed by atoms with van der Waals surface area (Å²) in [5.74, 6) is 0.928. The van der Waals surface area contributed by atoms with E-state index in [4.69, 9.17) is 4.99 Å². The molecule has 2 N–H and O–H groups in total.